The number of halogens is 1. The maximum absolute atomic E-state index is 11.8. The monoisotopic (exact) mass is 264 g/mol. The van der Waals surface area contributed by atoms with E-state index in [0.717, 1.165) is 12.0 Å². The van der Waals surface area contributed by atoms with E-state index in [0.29, 0.717) is 17.9 Å². The van der Waals surface area contributed by atoms with E-state index >= 15 is 0 Å². The van der Waals surface area contributed by atoms with E-state index in [4.69, 9.17) is 11.6 Å². The van der Waals surface area contributed by atoms with Crippen molar-refractivity contribution in [2.75, 3.05) is 0 Å². The molecule has 0 unspecified atom stereocenters. The normalized spacial score (nSPS) is 10.4. The SMILES string of the molecule is O=C(CCc1ccsc1)Cc1cccc(Cl)c1. The number of rotatable bonds is 5. The average molecular weight is 265 g/mol. The van der Waals surface area contributed by atoms with Crippen molar-refractivity contribution < 1.29 is 4.79 Å². The van der Waals surface area contributed by atoms with Crippen LogP contribution in [0.25, 0.3) is 0 Å². The minimum absolute atomic E-state index is 0.262. The van der Waals surface area contributed by atoms with Crippen molar-refractivity contribution >= 4 is 28.7 Å². The van der Waals surface area contributed by atoms with Crippen LogP contribution in [-0.2, 0) is 17.6 Å². The van der Waals surface area contributed by atoms with Crippen molar-refractivity contribution in [3.8, 4) is 0 Å². The fourth-order valence-corrected chi connectivity index (χ4v) is 2.60. The largest absolute Gasteiger partial charge is 0.299 e. The Morgan fingerprint density at radius 2 is 2.12 bits per heavy atom. The molecule has 2 rings (SSSR count). The van der Waals surface area contributed by atoms with E-state index in [1.807, 2.05) is 29.6 Å². The molecule has 0 fully saturated rings. The van der Waals surface area contributed by atoms with Crippen LogP contribution in [0.2, 0.25) is 5.02 Å². The molecule has 0 spiro atoms. The predicted molar refractivity (Wildman–Crippen MR) is 72.8 cm³/mol. The first-order valence-corrected chi connectivity index (χ1v) is 6.83. The molecule has 0 bridgehead atoms. The van der Waals surface area contributed by atoms with Crippen molar-refractivity contribution in [3.63, 3.8) is 0 Å². The van der Waals surface area contributed by atoms with Gasteiger partial charge in [-0.25, -0.2) is 0 Å². The number of carbonyl (C=O) groups is 1. The Labute approximate surface area is 110 Å². The number of hydrogen-bond donors (Lipinski definition) is 0. The Hall–Kier alpha value is -1.12. The van der Waals surface area contributed by atoms with Crippen LogP contribution >= 0.6 is 22.9 Å². The molecule has 0 aliphatic heterocycles. The molecule has 0 atom stereocenters. The molecule has 1 heterocycles. The van der Waals surface area contributed by atoms with Gasteiger partial charge in [0.15, 0.2) is 0 Å². The van der Waals surface area contributed by atoms with E-state index in [9.17, 15) is 4.79 Å². The van der Waals surface area contributed by atoms with Gasteiger partial charge in [-0.2, -0.15) is 11.3 Å². The second-order valence-corrected chi connectivity index (χ2v) is 5.19. The van der Waals surface area contributed by atoms with Gasteiger partial charge in [0.25, 0.3) is 0 Å². The lowest BCUT2D eigenvalue weighted by Crippen LogP contribution is -2.03. The Bertz CT molecular complexity index is 491. The van der Waals surface area contributed by atoms with Gasteiger partial charge in [0.2, 0.25) is 0 Å². The van der Waals surface area contributed by atoms with Crippen molar-refractivity contribution in [2.24, 2.45) is 0 Å². The minimum atomic E-state index is 0.262. The van der Waals surface area contributed by atoms with Crippen molar-refractivity contribution in [1.29, 1.82) is 0 Å². The fourth-order valence-electron chi connectivity index (χ4n) is 1.68. The van der Waals surface area contributed by atoms with Crippen LogP contribution < -0.4 is 0 Å². The van der Waals surface area contributed by atoms with Crippen molar-refractivity contribution in [1.82, 2.24) is 0 Å². The van der Waals surface area contributed by atoms with Crippen LogP contribution in [0.4, 0.5) is 0 Å². The zero-order valence-electron chi connectivity index (χ0n) is 9.36. The summed E-state index contributed by atoms with van der Waals surface area (Å²) in [6.07, 6.45) is 1.91. The van der Waals surface area contributed by atoms with Gasteiger partial charge in [0, 0.05) is 17.9 Å². The van der Waals surface area contributed by atoms with Crippen LogP contribution in [0.15, 0.2) is 41.1 Å². The summed E-state index contributed by atoms with van der Waals surface area (Å²) in [6, 6.07) is 9.56. The zero-order valence-corrected chi connectivity index (χ0v) is 10.9. The van der Waals surface area contributed by atoms with Gasteiger partial charge in [-0.1, -0.05) is 23.7 Å². The van der Waals surface area contributed by atoms with E-state index in [1.54, 1.807) is 11.3 Å². The highest BCUT2D eigenvalue weighted by Crippen LogP contribution is 2.13. The van der Waals surface area contributed by atoms with Crippen LogP contribution in [0, 0.1) is 0 Å². The van der Waals surface area contributed by atoms with E-state index < -0.39 is 0 Å². The highest BCUT2D eigenvalue weighted by molar-refractivity contribution is 7.07. The molecule has 0 saturated carbocycles. The molecule has 0 aliphatic rings. The van der Waals surface area contributed by atoms with E-state index in [-0.39, 0.29) is 5.78 Å². The van der Waals surface area contributed by atoms with Gasteiger partial charge in [-0.05, 0) is 46.5 Å². The summed E-state index contributed by atoms with van der Waals surface area (Å²) >= 11 is 7.55. The lowest BCUT2D eigenvalue weighted by molar-refractivity contribution is -0.118. The van der Waals surface area contributed by atoms with Crippen molar-refractivity contribution in [3.05, 3.63) is 57.2 Å². The fraction of sp³-hybridized carbons (Fsp3) is 0.214. The molecule has 0 aliphatic carbocycles. The molecule has 1 nitrogen and oxygen atoms in total. The number of thiophene rings is 1. The third kappa shape index (κ3) is 3.99. The summed E-state index contributed by atoms with van der Waals surface area (Å²) in [5.41, 5.74) is 2.24. The summed E-state index contributed by atoms with van der Waals surface area (Å²) in [7, 11) is 0. The molecule has 0 saturated heterocycles. The van der Waals surface area contributed by atoms with Crippen LogP contribution in [0.3, 0.4) is 0 Å². The third-order valence-electron chi connectivity index (χ3n) is 2.56. The number of hydrogen-bond acceptors (Lipinski definition) is 2. The first-order chi connectivity index (χ1) is 8.24. The Balaban J connectivity index is 1.85. The molecular formula is C14H13ClOS. The smallest absolute Gasteiger partial charge is 0.137 e. The van der Waals surface area contributed by atoms with Gasteiger partial charge in [0.05, 0.1) is 0 Å². The molecule has 2 aromatic rings. The quantitative estimate of drug-likeness (QED) is 0.793. The summed E-state index contributed by atoms with van der Waals surface area (Å²) in [5, 5.41) is 4.82. The van der Waals surface area contributed by atoms with Gasteiger partial charge >= 0.3 is 0 Å². The Morgan fingerprint density at radius 1 is 1.24 bits per heavy atom. The second-order valence-electron chi connectivity index (χ2n) is 3.98. The molecule has 0 radical (unpaired) electrons. The van der Waals surface area contributed by atoms with E-state index in [2.05, 4.69) is 11.4 Å². The Kier molecular flexibility index (Phi) is 4.35. The van der Waals surface area contributed by atoms with Gasteiger partial charge in [-0.15, -0.1) is 0 Å². The average Bonchev–Trinajstić information content (AvgIpc) is 2.79. The van der Waals surface area contributed by atoms with Crippen LogP contribution in [-0.4, -0.2) is 5.78 Å². The third-order valence-corrected chi connectivity index (χ3v) is 3.53. The van der Waals surface area contributed by atoms with Crippen molar-refractivity contribution in [2.45, 2.75) is 19.3 Å². The molecule has 1 aromatic carbocycles. The standard InChI is InChI=1S/C14H13ClOS/c15-13-3-1-2-12(8-13)9-14(16)5-4-11-6-7-17-10-11/h1-3,6-8,10H,4-5,9H2. The highest BCUT2D eigenvalue weighted by atomic mass is 35.5. The number of benzene rings is 1. The summed E-state index contributed by atoms with van der Waals surface area (Å²) in [4.78, 5) is 11.8. The number of carbonyl (C=O) groups excluding carboxylic acids is 1. The minimum Gasteiger partial charge on any atom is -0.299 e. The predicted octanol–water partition coefficient (Wildman–Crippen LogP) is 4.15. The molecule has 0 amide bonds. The lowest BCUT2D eigenvalue weighted by Gasteiger charge is -2.01. The molecule has 88 valence electrons. The number of Topliss-reactive ketones (excluding diaryl/α,β-unsaturated/α-hetero) is 1. The van der Waals surface area contributed by atoms with E-state index in [1.165, 1.54) is 5.56 Å². The molecule has 1 aromatic heterocycles. The number of ketones is 1. The van der Waals surface area contributed by atoms with Gasteiger partial charge in [0.1, 0.15) is 5.78 Å². The summed E-state index contributed by atoms with van der Waals surface area (Å²) in [6.45, 7) is 0. The lowest BCUT2D eigenvalue weighted by atomic mass is 10.0. The molecular weight excluding hydrogens is 252 g/mol. The zero-order chi connectivity index (χ0) is 12.1. The molecule has 0 N–H and O–H groups in total. The highest BCUT2D eigenvalue weighted by Gasteiger charge is 2.05. The first kappa shape index (κ1) is 12.3. The van der Waals surface area contributed by atoms with Gasteiger partial charge < -0.3 is 0 Å². The number of aryl methyl sites for hydroxylation is 1. The maximum Gasteiger partial charge on any atom is 0.137 e. The van der Waals surface area contributed by atoms with Crippen LogP contribution in [0.5, 0.6) is 0 Å². The maximum atomic E-state index is 11.8. The van der Waals surface area contributed by atoms with Gasteiger partial charge in [-0.3, -0.25) is 4.79 Å². The Morgan fingerprint density at radius 3 is 2.82 bits per heavy atom. The topological polar surface area (TPSA) is 17.1 Å². The van der Waals surface area contributed by atoms with Crippen LogP contribution in [0.1, 0.15) is 17.5 Å². The molecule has 3 heteroatoms. The molecule has 17 heavy (non-hydrogen) atoms. The summed E-state index contributed by atoms with van der Waals surface area (Å²) in [5.74, 6) is 0.262. The summed E-state index contributed by atoms with van der Waals surface area (Å²) < 4.78 is 0. The first-order valence-electron chi connectivity index (χ1n) is 5.51. The second kappa shape index (κ2) is 5.99.